The number of esters is 3. The first kappa shape index (κ1) is 35.0. The Morgan fingerprint density at radius 2 is 1.59 bits per heavy atom. The maximum atomic E-state index is 12.9. The number of azide groups is 1. The molecule has 2 unspecified atom stereocenters. The predicted octanol–water partition coefficient (Wildman–Crippen LogP) is 4.74. The number of hydrogen-bond donors (Lipinski definition) is 0. The second-order valence-electron chi connectivity index (χ2n) is 11.1. The monoisotopic (exact) mass is 617 g/mol. The molecule has 2 aliphatic heterocycles. The second kappa shape index (κ2) is 17.1. The van der Waals surface area contributed by atoms with Gasteiger partial charge in [-0.05, 0) is 24.1 Å². The van der Waals surface area contributed by atoms with Gasteiger partial charge in [0.2, 0.25) is 0 Å². The van der Waals surface area contributed by atoms with Gasteiger partial charge in [0.15, 0.2) is 24.8 Å². The van der Waals surface area contributed by atoms with Gasteiger partial charge in [-0.15, -0.1) is 0 Å². The van der Waals surface area contributed by atoms with Crippen LogP contribution < -0.4 is 0 Å². The molecule has 1 aromatic rings. The minimum absolute atomic E-state index is 0.148. The SMILES string of the molecule is CC[C@@H](OC(C)=O)[C@@H]1O[C@@H](OC[C@@H](C)[C@@H]2O[C@@H](OC/C=C/CN=[N+]=[N-])[C@@H](OC(=O)c3ccccc3)C2C)[C@@H](OC(C)=O)C1C. The van der Waals surface area contributed by atoms with Crippen molar-refractivity contribution in [2.24, 2.45) is 22.9 Å². The van der Waals surface area contributed by atoms with Gasteiger partial charge >= 0.3 is 17.9 Å². The Morgan fingerprint density at radius 3 is 2.23 bits per heavy atom. The number of carbonyl (C=O) groups excluding carboxylic acids is 3. The van der Waals surface area contributed by atoms with Crippen LogP contribution in [0.3, 0.4) is 0 Å². The van der Waals surface area contributed by atoms with Crippen molar-refractivity contribution in [3.8, 4) is 0 Å². The van der Waals surface area contributed by atoms with Gasteiger partial charge in [0.1, 0.15) is 12.2 Å². The lowest BCUT2D eigenvalue weighted by molar-refractivity contribution is -0.207. The van der Waals surface area contributed by atoms with E-state index in [0.29, 0.717) is 12.0 Å². The third-order valence-corrected chi connectivity index (χ3v) is 7.69. The summed E-state index contributed by atoms with van der Waals surface area (Å²) in [6.07, 6.45) is -0.758. The van der Waals surface area contributed by atoms with E-state index in [1.165, 1.54) is 13.8 Å². The summed E-state index contributed by atoms with van der Waals surface area (Å²) in [7, 11) is 0. The molecule has 0 radical (unpaired) electrons. The van der Waals surface area contributed by atoms with E-state index in [0.717, 1.165) is 0 Å². The number of carbonyl (C=O) groups is 3. The highest BCUT2D eigenvalue weighted by Gasteiger charge is 2.50. The van der Waals surface area contributed by atoms with Crippen LogP contribution in [-0.2, 0) is 42.7 Å². The molecular weight excluding hydrogens is 574 g/mol. The van der Waals surface area contributed by atoms with Crippen LogP contribution in [0.4, 0.5) is 0 Å². The number of benzene rings is 1. The molecule has 13 nitrogen and oxygen atoms in total. The topological polar surface area (TPSA) is 165 Å². The van der Waals surface area contributed by atoms with Crippen LogP contribution >= 0.6 is 0 Å². The predicted molar refractivity (Wildman–Crippen MR) is 157 cm³/mol. The molecule has 0 amide bonds. The van der Waals surface area contributed by atoms with Gasteiger partial charge in [-0.1, -0.05) is 63.2 Å². The van der Waals surface area contributed by atoms with E-state index in [1.54, 1.807) is 36.4 Å². The van der Waals surface area contributed by atoms with E-state index in [2.05, 4.69) is 10.0 Å². The standard InChI is InChI=1S/C31H43N3O10/c1-7-24(40-21(5)35)26-20(4)27(41-22(6)36)31(44-26)39-17-18(2)25-19(3)28(42-29(37)23-13-9-8-10-14-23)30(43-25)38-16-12-11-15-33-34-32/h8-14,18-20,24-28,30-31H,7,15-17H2,1-6H3/b12-11+/t18-,19?,20?,24-,25+,26-,27+,28+,30-,31-/m1/s1. The molecule has 2 aliphatic rings. The minimum atomic E-state index is -0.886. The Kier molecular flexibility index (Phi) is 13.6. The van der Waals surface area contributed by atoms with Crippen LogP contribution in [0.1, 0.15) is 58.3 Å². The summed E-state index contributed by atoms with van der Waals surface area (Å²) >= 11 is 0. The van der Waals surface area contributed by atoms with Crippen LogP contribution in [0.5, 0.6) is 0 Å². The maximum Gasteiger partial charge on any atom is 0.338 e. The fraction of sp³-hybridized carbons (Fsp3) is 0.645. The van der Waals surface area contributed by atoms with Crippen molar-refractivity contribution in [1.29, 1.82) is 0 Å². The van der Waals surface area contributed by atoms with Crippen LogP contribution in [-0.4, -0.2) is 80.8 Å². The van der Waals surface area contributed by atoms with Crippen molar-refractivity contribution >= 4 is 17.9 Å². The molecule has 0 aromatic heterocycles. The second-order valence-corrected chi connectivity index (χ2v) is 11.1. The number of nitrogens with zero attached hydrogens (tertiary/aromatic N) is 3. The lowest BCUT2D eigenvalue weighted by atomic mass is 9.92. The van der Waals surface area contributed by atoms with Crippen LogP contribution in [0, 0.1) is 17.8 Å². The van der Waals surface area contributed by atoms with Crippen molar-refractivity contribution in [2.45, 2.75) is 91.1 Å². The van der Waals surface area contributed by atoms with E-state index < -0.39 is 61.0 Å². The Bertz CT molecular complexity index is 1170. The lowest BCUT2D eigenvalue weighted by Crippen LogP contribution is -2.37. The molecule has 44 heavy (non-hydrogen) atoms. The van der Waals surface area contributed by atoms with Gasteiger partial charge in [-0.3, -0.25) is 9.59 Å². The molecular formula is C31H43N3O10. The van der Waals surface area contributed by atoms with Gasteiger partial charge < -0.3 is 33.2 Å². The largest absolute Gasteiger partial charge is 0.460 e. The molecule has 10 atom stereocenters. The fourth-order valence-electron chi connectivity index (χ4n) is 5.53. The normalized spacial score (nSPS) is 29.5. The van der Waals surface area contributed by atoms with Gasteiger partial charge in [0.05, 0.1) is 24.9 Å². The summed E-state index contributed by atoms with van der Waals surface area (Å²) in [6, 6.07) is 8.66. The molecule has 0 bridgehead atoms. The van der Waals surface area contributed by atoms with E-state index in [9.17, 15) is 14.4 Å². The van der Waals surface area contributed by atoms with Crippen LogP contribution in [0.15, 0.2) is 47.6 Å². The van der Waals surface area contributed by atoms with Crippen LogP contribution in [0.2, 0.25) is 0 Å². The first-order valence-corrected chi connectivity index (χ1v) is 14.9. The van der Waals surface area contributed by atoms with Crippen molar-refractivity contribution in [3.63, 3.8) is 0 Å². The lowest BCUT2D eigenvalue weighted by Gasteiger charge is -2.26. The molecule has 242 valence electrons. The fourth-order valence-corrected chi connectivity index (χ4v) is 5.53. The van der Waals surface area contributed by atoms with Crippen molar-refractivity contribution < 1.29 is 47.5 Å². The molecule has 0 N–H and O–H groups in total. The number of ether oxygens (including phenoxy) is 7. The van der Waals surface area contributed by atoms with Gasteiger partial charge in [0, 0.05) is 43.1 Å². The summed E-state index contributed by atoms with van der Waals surface area (Å²) in [5, 5.41) is 3.45. The quantitative estimate of drug-likeness (QED) is 0.0670. The Morgan fingerprint density at radius 1 is 0.955 bits per heavy atom. The highest BCUT2D eigenvalue weighted by atomic mass is 16.7. The molecule has 2 fully saturated rings. The molecule has 0 aliphatic carbocycles. The molecule has 13 heteroatoms. The van der Waals surface area contributed by atoms with Crippen molar-refractivity contribution in [1.82, 2.24) is 0 Å². The highest BCUT2D eigenvalue weighted by Crippen LogP contribution is 2.37. The Labute approximate surface area is 257 Å². The number of hydrogen-bond acceptors (Lipinski definition) is 11. The van der Waals surface area contributed by atoms with E-state index in [4.69, 9.17) is 38.7 Å². The first-order chi connectivity index (χ1) is 21.1. The summed E-state index contributed by atoms with van der Waals surface area (Å²) in [4.78, 5) is 39.2. The molecule has 0 saturated carbocycles. The van der Waals surface area contributed by atoms with Gasteiger partial charge in [-0.25, -0.2) is 4.79 Å². The van der Waals surface area contributed by atoms with Gasteiger partial charge in [-0.2, -0.15) is 0 Å². The Hall–Kier alpha value is -3.48. The minimum Gasteiger partial charge on any atom is -0.460 e. The summed E-state index contributed by atoms with van der Waals surface area (Å²) in [5.74, 6) is -2.18. The summed E-state index contributed by atoms with van der Waals surface area (Å²) in [6.45, 7) is 10.8. The Balaban J connectivity index is 1.70. The summed E-state index contributed by atoms with van der Waals surface area (Å²) < 4.78 is 41.5. The maximum absolute atomic E-state index is 12.9. The van der Waals surface area contributed by atoms with Gasteiger partial charge in [0.25, 0.3) is 0 Å². The molecule has 3 rings (SSSR count). The third-order valence-electron chi connectivity index (χ3n) is 7.69. The van der Waals surface area contributed by atoms with E-state index in [-0.39, 0.29) is 37.5 Å². The number of rotatable bonds is 15. The zero-order chi connectivity index (χ0) is 32.2. The molecule has 1 aromatic carbocycles. The highest BCUT2D eigenvalue weighted by molar-refractivity contribution is 5.89. The summed E-state index contributed by atoms with van der Waals surface area (Å²) in [5.41, 5.74) is 8.85. The third kappa shape index (κ3) is 9.51. The average Bonchev–Trinajstić information content (AvgIpc) is 3.47. The zero-order valence-electron chi connectivity index (χ0n) is 26.1. The molecule has 0 spiro atoms. The average molecular weight is 618 g/mol. The smallest absolute Gasteiger partial charge is 0.338 e. The molecule has 2 saturated heterocycles. The van der Waals surface area contributed by atoms with Crippen molar-refractivity contribution in [2.75, 3.05) is 19.8 Å². The zero-order valence-corrected chi connectivity index (χ0v) is 26.1. The van der Waals surface area contributed by atoms with E-state index >= 15 is 0 Å². The molecule has 2 heterocycles. The van der Waals surface area contributed by atoms with Crippen LogP contribution in [0.25, 0.3) is 10.4 Å². The van der Waals surface area contributed by atoms with Crippen molar-refractivity contribution in [3.05, 3.63) is 58.5 Å². The van der Waals surface area contributed by atoms with E-state index in [1.807, 2.05) is 33.8 Å². The first-order valence-electron chi connectivity index (χ1n) is 14.9.